The van der Waals surface area contributed by atoms with Crippen LogP contribution in [-0.4, -0.2) is 4.98 Å². The standard InChI is InChI=1S/C5H10.C3H3NO/c1-2-4-5-3-1;1-2-5-3-4-1/h1-5H2;1-3H. The highest BCUT2D eigenvalue weighted by Crippen LogP contribution is 2.15. The number of oxazole rings is 1. The molecule has 1 saturated carbocycles. The average molecular weight is 139 g/mol. The minimum absolute atomic E-state index is 1.38. The van der Waals surface area contributed by atoms with Crippen molar-refractivity contribution in [2.24, 2.45) is 0 Å². The predicted octanol–water partition coefficient (Wildman–Crippen LogP) is 2.63. The Morgan fingerprint density at radius 2 is 1.60 bits per heavy atom. The van der Waals surface area contributed by atoms with E-state index < -0.39 is 0 Å². The quantitative estimate of drug-likeness (QED) is 0.552. The van der Waals surface area contributed by atoms with Gasteiger partial charge >= 0.3 is 0 Å². The van der Waals surface area contributed by atoms with Crippen molar-refractivity contribution in [3.8, 4) is 0 Å². The van der Waals surface area contributed by atoms with Crippen molar-refractivity contribution < 1.29 is 4.42 Å². The summed E-state index contributed by atoms with van der Waals surface area (Å²) in [5.41, 5.74) is 0. The molecule has 0 unspecified atom stereocenters. The Morgan fingerprint density at radius 3 is 1.80 bits per heavy atom. The second kappa shape index (κ2) is 5.03. The van der Waals surface area contributed by atoms with Gasteiger partial charge in [-0.05, 0) is 0 Å². The zero-order chi connectivity index (χ0) is 7.07. The smallest absolute Gasteiger partial charge is 0.180 e. The van der Waals surface area contributed by atoms with E-state index in [1.807, 2.05) is 0 Å². The van der Waals surface area contributed by atoms with E-state index in [-0.39, 0.29) is 0 Å². The van der Waals surface area contributed by atoms with Crippen molar-refractivity contribution in [3.63, 3.8) is 0 Å². The van der Waals surface area contributed by atoms with Gasteiger partial charge in [0.1, 0.15) is 6.26 Å². The fourth-order valence-corrected chi connectivity index (χ4v) is 1.06. The topological polar surface area (TPSA) is 26.0 Å². The van der Waals surface area contributed by atoms with E-state index >= 15 is 0 Å². The average Bonchev–Trinajstić information content (AvgIpc) is 2.67. The summed E-state index contributed by atoms with van der Waals surface area (Å²) < 4.78 is 4.47. The lowest BCUT2D eigenvalue weighted by Crippen LogP contribution is -1.47. The number of rotatable bonds is 0. The molecule has 1 aliphatic carbocycles. The first-order chi connectivity index (χ1) is 5.00. The van der Waals surface area contributed by atoms with Crippen molar-refractivity contribution in [2.45, 2.75) is 32.1 Å². The van der Waals surface area contributed by atoms with Crippen LogP contribution in [0.1, 0.15) is 32.1 Å². The normalized spacial score (nSPS) is 16.0. The second-order valence-corrected chi connectivity index (χ2v) is 2.44. The molecule has 2 nitrogen and oxygen atoms in total. The molecule has 0 amide bonds. The van der Waals surface area contributed by atoms with Crippen LogP contribution in [0.5, 0.6) is 0 Å². The predicted molar refractivity (Wildman–Crippen MR) is 39.6 cm³/mol. The van der Waals surface area contributed by atoms with Crippen LogP contribution >= 0.6 is 0 Å². The maximum atomic E-state index is 4.47. The molecule has 1 fully saturated rings. The fourth-order valence-electron chi connectivity index (χ4n) is 1.06. The van der Waals surface area contributed by atoms with Gasteiger partial charge in [-0.1, -0.05) is 32.1 Å². The third-order valence-corrected chi connectivity index (χ3v) is 1.60. The molecule has 1 aliphatic rings. The molecule has 0 radical (unpaired) electrons. The Bertz CT molecular complexity index is 108. The summed E-state index contributed by atoms with van der Waals surface area (Å²) in [5, 5.41) is 0. The molecule has 0 spiro atoms. The summed E-state index contributed by atoms with van der Waals surface area (Å²) >= 11 is 0. The van der Waals surface area contributed by atoms with Gasteiger partial charge in [0.25, 0.3) is 0 Å². The van der Waals surface area contributed by atoms with Crippen LogP contribution in [0.15, 0.2) is 23.3 Å². The lowest BCUT2D eigenvalue weighted by molar-refractivity contribution is 0.558. The number of hydrogen-bond donors (Lipinski definition) is 0. The molecule has 1 aromatic heterocycles. The van der Waals surface area contributed by atoms with E-state index in [1.54, 1.807) is 6.20 Å². The summed E-state index contributed by atoms with van der Waals surface area (Å²) in [7, 11) is 0. The first kappa shape index (κ1) is 7.32. The zero-order valence-corrected chi connectivity index (χ0v) is 6.12. The summed E-state index contributed by atoms with van der Waals surface area (Å²) in [4.78, 5) is 3.56. The van der Waals surface area contributed by atoms with Gasteiger partial charge in [-0.15, -0.1) is 0 Å². The number of aromatic nitrogens is 1. The van der Waals surface area contributed by atoms with Crippen molar-refractivity contribution >= 4 is 0 Å². The van der Waals surface area contributed by atoms with Crippen LogP contribution in [0.4, 0.5) is 0 Å². The van der Waals surface area contributed by atoms with Crippen LogP contribution in [0.25, 0.3) is 0 Å². The van der Waals surface area contributed by atoms with Gasteiger partial charge in [-0.3, -0.25) is 0 Å². The highest BCUT2D eigenvalue weighted by molar-refractivity contribution is 4.56. The number of hydrogen-bond acceptors (Lipinski definition) is 2. The Kier molecular flexibility index (Phi) is 3.68. The van der Waals surface area contributed by atoms with Crippen molar-refractivity contribution in [1.29, 1.82) is 0 Å². The second-order valence-electron chi connectivity index (χ2n) is 2.44. The van der Waals surface area contributed by atoms with Crippen molar-refractivity contribution in [3.05, 3.63) is 18.9 Å². The molecule has 1 aromatic rings. The third kappa shape index (κ3) is 3.28. The molecule has 0 saturated heterocycles. The molecule has 0 bridgehead atoms. The van der Waals surface area contributed by atoms with Crippen LogP contribution < -0.4 is 0 Å². The lowest BCUT2D eigenvalue weighted by Gasteiger charge is -1.67. The van der Waals surface area contributed by atoms with Crippen LogP contribution in [0.2, 0.25) is 0 Å². The van der Waals surface area contributed by atoms with Gasteiger partial charge < -0.3 is 4.42 Å². The van der Waals surface area contributed by atoms with Gasteiger partial charge in [0.05, 0.1) is 6.20 Å². The lowest BCUT2D eigenvalue weighted by atomic mass is 10.4. The third-order valence-electron chi connectivity index (χ3n) is 1.60. The fraction of sp³-hybridized carbons (Fsp3) is 0.625. The highest BCUT2D eigenvalue weighted by atomic mass is 16.3. The van der Waals surface area contributed by atoms with Crippen LogP contribution in [0, 0.1) is 0 Å². The van der Waals surface area contributed by atoms with Crippen LogP contribution in [0.3, 0.4) is 0 Å². The summed E-state index contributed by atoms with van der Waals surface area (Å²) in [6, 6.07) is 0. The molecule has 0 aliphatic heterocycles. The molecule has 2 heteroatoms. The monoisotopic (exact) mass is 139 g/mol. The Balaban J connectivity index is 0.0000001000. The van der Waals surface area contributed by atoms with Crippen molar-refractivity contribution in [1.82, 2.24) is 4.98 Å². The zero-order valence-electron chi connectivity index (χ0n) is 6.12. The minimum atomic E-state index is 1.38. The maximum Gasteiger partial charge on any atom is 0.180 e. The minimum Gasteiger partial charge on any atom is -0.452 e. The first-order valence-corrected chi connectivity index (χ1v) is 3.82. The van der Waals surface area contributed by atoms with Gasteiger partial charge in [-0.2, -0.15) is 0 Å². The summed E-state index contributed by atoms with van der Waals surface area (Å²) in [6.45, 7) is 0. The molecule has 2 rings (SSSR count). The highest BCUT2D eigenvalue weighted by Gasteiger charge is 1.95. The Morgan fingerprint density at radius 1 is 1.00 bits per heavy atom. The summed E-state index contributed by atoms with van der Waals surface area (Å²) in [6.07, 6.45) is 12.0. The van der Waals surface area contributed by atoms with Gasteiger partial charge in [0.2, 0.25) is 0 Å². The van der Waals surface area contributed by atoms with E-state index in [9.17, 15) is 0 Å². The molecule has 0 aromatic carbocycles. The maximum absolute atomic E-state index is 4.47. The molecule has 0 atom stereocenters. The van der Waals surface area contributed by atoms with Crippen LogP contribution in [-0.2, 0) is 0 Å². The Hall–Kier alpha value is -0.790. The Labute approximate surface area is 61.3 Å². The van der Waals surface area contributed by atoms with Crippen molar-refractivity contribution in [2.75, 3.05) is 0 Å². The van der Waals surface area contributed by atoms with E-state index in [2.05, 4.69) is 9.40 Å². The van der Waals surface area contributed by atoms with E-state index in [0.717, 1.165) is 0 Å². The van der Waals surface area contributed by atoms with E-state index in [1.165, 1.54) is 44.8 Å². The van der Waals surface area contributed by atoms with E-state index in [0.29, 0.717) is 0 Å². The molecular formula is C8H13NO. The SMILES string of the molecule is C1CCCC1.c1cocn1. The molecule has 56 valence electrons. The molecule has 0 N–H and O–H groups in total. The van der Waals surface area contributed by atoms with Gasteiger partial charge in [0.15, 0.2) is 6.39 Å². The molecular weight excluding hydrogens is 126 g/mol. The molecule has 10 heavy (non-hydrogen) atoms. The molecule has 1 heterocycles. The first-order valence-electron chi connectivity index (χ1n) is 3.82. The summed E-state index contributed by atoms with van der Waals surface area (Å²) in [5.74, 6) is 0. The van der Waals surface area contributed by atoms with E-state index in [4.69, 9.17) is 0 Å². The van der Waals surface area contributed by atoms with Gasteiger partial charge in [-0.25, -0.2) is 4.98 Å². The largest absolute Gasteiger partial charge is 0.452 e. The number of nitrogens with zero attached hydrogens (tertiary/aromatic N) is 1. The van der Waals surface area contributed by atoms with Gasteiger partial charge in [0, 0.05) is 0 Å².